The van der Waals surface area contributed by atoms with Gasteiger partial charge in [0.25, 0.3) is 0 Å². The molecule has 20 heavy (non-hydrogen) atoms. The van der Waals surface area contributed by atoms with Crippen molar-refractivity contribution in [3.05, 3.63) is 34.9 Å². The Morgan fingerprint density at radius 3 is 2.80 bits per heavy atom. The molecule has 0 amide bonds. The molecule has 0 aromatic heterocycles. The van der Waals surface area contributed by atoms with E-state index in [-0.39, 0.29) is 0 Å². The van der Waals surface area contributed by atoms with E-state index < -0.39 is 0 Å². The lowest BCUT2D eigenvalue weighted by Gasteiger charge is -2.25. The van der Waals surface area contributed by atoms with Gasteiger partial charge in [-0.2, -0.15) is 0 Å². The standard InChI is InChI=1S/C15H20Cl2N2O/c16-14-7-4-6-13(12-14)15(17)18-20-11-5-10-19-8-2-1-3-9-19/h4,6-7,12H,1-3,5,8-11H2/b18-15-. The molecule has 0 saturated carbocycles. The summed E-state index contributed by atoms with van der Waals surface area (Å²) in [4.78, 5) is 7.75. The third kappa shape index (κ3) is 5.31. The fourth-order valence-electron chi connectivity index (χ4n) is 2.31. The van der Waals surface area contributed by atoms with Crippen LogP contribution in [0.25, 0.3) is 0 Å². The number of likely N-dealkylation sites (tertiary alicyclic amines) is 1. The molecular weight excluding hydrogens is 295 g/mol. The maximum absolute atomic E-state index is 6.06. The van der Waals surface area contributed by atoms with Crippen molar-refractivity contribution in [2.75, 3.05) is 26.2 Å². The zero-order chi connectivity index (χ0) is 14.2. The maximum atomic E-state index is 6.06. The van der Waals surface area contributed by atoms with Gasteiger partial charge in [0.05, 0.1) is 0 Å². The number of oxime groups is 1. The van der Waals surface area contributed by atoms with E-state index in [1.807, 2.05) is 12.1 Å². The van der Waals surface area contributed by atoms with Crippen LogP contribution in [0.15, 0.2) is 29.4 Å². The summed E-state index contributed by atoms with van der Waals surface area (Å²) in [6, 6.07) is 7.26. The minimum atomic E-state index is 0.338. The lowest BCUT2D eigenvalue weighted by molar-refractivity contribution is 0.125. The molecule has 110 valence electrons. The monoisotopic (exact) mass is 314 g/mol. The third-order valence-corrected chi connectivity index (χ3v) is 3.89. The van der Waals surface area contributed by atoms with E-state index in [2.05, 4.69) is 10.1 Å². The van der Waals surface area contributed by atoms with Crippen molar-refractivity contribution in [2.24, 2.45) is 5.16 Å². The second-order valence-electron chi connectivity index (χ2n) is 4.98. The number of hydrogen-bond acceptors (Lipinski definition) is 3. The summed E-state index contributed by atoms with van der Waals surface area (Å²) in [7, 11) is 0. The Kier molecular flexibility index (Phi) is 6.64. The summed E-state index contributed by atoms with van der Waals surface area (Å²) in [5.41, 5.74) is 0.773. The molecule has 0 spiro atoms. The average Bonchev–Trinajstić information content (AvgIpc) is 2.48. The van der Waals surface area contributed by atoms with Crippen molar-refractivity contribution in [3.63, 3.8) is 0 Å². The maximum Gasteiger partial charge on any atom is 0.175 e. The minimum Gasteiger partial charge on any atom is -0.395 e. The predicted molar refractivity (Wildman–Crippen MR) is 84.7 cm³/mol. The topological polar surface area (TPSA) is 24.8 Å². The lowest BCUT2D eigenvalue weighted by Crippen LogP contribution is -2.31. The zero-order valence-corrected chi connectivity index (χ0v) is 13.0. The van der Waals surface area contributed by atoms with Crippen LogP contribution >= 0.6 is 23.2 Å². The SMILES string of the molecule is Cl/C(=N\OCCCN1CCCCC1)c1cccc(Cl)c1. The van der Waals surface area contributed by atoms with Gasteiger partial charge < -0.3 is 9.74 Å². The highest BCUT2D eigenvalue weighted by atomic mass is 35.5. The Bertz CT molecular complexity index is 445. The van der Waals surface area contributed by atoms with E-state index in [0.29, 0.717) is 16.8 Å². The molecule has 0 N–H and O–H groups in total. The molecule has 0 bridgehead atoms. The highest BCUT2D eigenvalue weighted by molar-refractivity contribution is 6.69. The van der Waals surface area contributed by atoms with Gasteiger partial charge in [-0.1, -0.05) is 46.9 Å². The van der Waals surface area contributed by atoms with Gasteiger partial charge in [0.15, 0.2) is 5.17 Å². The molecule has 1 aromatic rings. The number of nitrogens with zero attached hydrogens (tertiary/aromatic N) is 2. The van der Waals surface area contributed by atoms with Gasteiger partial charge in [0.1, 0.15) is 6.61 Å². The Labute approximate surface area is 130 Å². The molecule has 0 radical (unpaired) electrons. The third-order valence-electron chi connectivity index (χ3n) is 3.37. The van der Waals surface area contributed by atoms with Crippen molar-refractivity contribution in [2.45, 2.75) is 25.7 Å². The summed E-state index contributed by atoms with van der Waals surface area (Å²) in [5.74, 6) is 0. The highest BCUT2D eigenvalue weighted by Gasteiger charge is 2.09. The number of benzene rings is 1. The first kappa shape index (κ1) is 15.6. The first-order chi connectivity index (χ1) is 9.75. The van der Waals surface area contributed by atoms with Crippen LogP contribution in [-0.2, 0) is 4.84 Å². The molecular formula is C15H20Cl2N2O. The van der Waals surface area contributed by atoms with Crippen LogP contribution in [0.2, 0.25) is 5.02 Å². The lowest BCUT2D eigenvalue weighted by atomic mass is 10.1. The second-order valence-corrected chi connectivity index (χ2v) is 5.78. The molecule has 5 heteroatoms. The van der Waals surface area contributed by atoms with Crippen molar-refractivity contribution in [3.8, 4) is 0 Å². The summed E-state index contributed by atoms with van der Waals surface area (Å²) < 4.78 is 0. The molecule has 3 nitrogen and oxygen atoms in total. The van der Waals surface area contributed by atoms with Gasteiger partial charge in [-0.3, -0.25) is 0 Å². The Hall–Kier alpha value is -0.770. The van der Waals surface area contributed by atoms with E-state index >= 15 is 0 Å². The normalized spacial score (nSPS) is 17.2. The molecule has 1 aliphatic rings. The van der Waals surface area contributed by atoms with Crippen LogP contribution in [0.3, 0.4) is 0 Å². The summed E-state index contributed by atoms with van der Waals surface area (Å²) in [6.07, 6.45) is 4.98. The van der Waals surface area contributed by atoms with Gasteiger partial charge in [-0.25, -0.2) is 0 Å². The smallest absolute Gasteiger partial charge is 0.175 e. The number of hydrogen-bond donors (Lipinski definition) is 0. The zero-order valence-electron chi connectivity index (χ0n) is 11.5. The van der Waals surface area contributed by atoms with E-state index in [4.69, 9.17) is 28.0 Å². The fraction of sp³-hybridized carbons (Fsp3) is 0.533. The van der Waals surface area contributed by atoms with E-state index in [0.717, 1.165) is 18.5 Å². The van der Waals surface area contributed by atoms with Gasteiger partial charge in [0.2, 0.25) is 0 Å². The van der Waals surface area contributed by atoms with Crippen LogP contribution < -0.4 is 0 Å². The molecule has 1 heterocycles. The van der Waals surface area contributed by atoms with Crippen LogP contribution in [0.1, 0.15) is 31.2 Å². The number of rotatable bonds is 6. The Morgan fingerprint density at radius 1 is 1.25 bits per heavy atom. The van der Waals surface area contributed by atoms with Crippen molar-refractivity contribution >= 4 is 28.4 Å². The van der Waals surface area contributed by atoms with Crippen molar-refractivity contribution in [1.29, 1.82) is 0 Å². The number of piperidine rings is 1. The molecule has 1 aliphatic heterocycles. The predicted octanol–water partition coefficient (Wildman–Crippen LogP) is 4.13. The molecule has 0 atom stereocenters. The van der Waals surface area contributed by atoms with Crippen LogP contribution in [0.4, 0.5) is 0 Å². The summed E-state index contributed by atoms with van der Waals surface area (Å²) in [6.45, 7) is 4.09. The van der Waals surface area contributed by atoms with Crippen LogP contribution in [0, 0.1) is 0 Å². The molecule has 2 rings (SSSR count). The van der Waals surface area contributed by atoms with Crippen LogP contribution in [0.5, 0.6) is 0 Å². The Balaban J connectivity index is 1.67. The number of halogens is 2. The average molecular weight is 315 g/mol. The quantitative estimate of drug-likeness (QED) is 0.448. The van der Waals surface area contributed by atoms with Crippen LogP contribution in [-0.4, -0.2) is 36.3 Å². The van der Waals surface area contributed by atoms with E-state index in [1.54, 1.807) is 12.1 Å². The summed E-state index contributed by atoms with van der Waals surface area (Å²) >= 11 is 12.0. The first-order valence-corrected chi connectivity index (χ1v) is 7.85. The molecule has 0 aliphatic carbocycles. The molecule has 0 unspecified atom stereocenters. The largest absolute Gasteiger partial charge is 0.395 e. The molecule has 1 aromatic carbocycles. The Morgan fingerprint density at radius 2 is 2.05 bits per heavy atom. The fourth-order valence-corrected chi connectivity index (χ4v) is 2.66. The van der Waals surface area contributed by atoms with Gasteiger partial charge in [-0.15, -0.1) is 0 Å². The molecule has 1 fully saturated rings. The summed E-state index contributed by atoms with van der Waals surface area (Å²) in [5, 5.41) is 4.90. The van der Waals surface area contributed by atoms with Crippen molar-refractivity contribution in [1.82, 2.24) is 4.90 Å². The van der Waals surface area contributed by atoms with Gasteiger partial charge >= 0.3 is 0 Å². The van der Waals surface area contributed by atoms with Crippen molar-refractivity contribution < 1.29 is 4.84 Å². The first-order valence-electron chi connectivity index (χ1n) is 7.09. The van der Waals surface area contributed by atoms with Gasteiger partial charge in [0, 0.05) is 17.1 Å². The van der Waals surface area contributed by atoms with E-state index in [1.165, 1.54) is 32.4 Å². The second kappa shape index (κ2) is 8.50. The van der Waals surface area contributed by atoms with E-state index in [9.17, 15) is 0 Å². The minimum absolute atomic E-state index is 0.338. The highest BCUT2D eigenvalue weighted by Crippen LogP contribution is 2.13. The molecule has 1 saturated heterocycles. The van der Waals surface area contributed by atoms with Gasteiger partial charge in [-0.05, 0) is 44.5 Å².